The highest BCUT2D eigenvalue weighted by Gasteiger charge is 2.29. The molecule has 0 bridgehead atoms. The van der Waals surface area contributed by atoms with Crippen LogP contribution in [0.15, 0.2) is 46.3 Å². The Balaban J connectivity index is 1.39. The number of hydrogen-bond acceptors (Lipinski definition) is 5. The summed E-state index contributed by atoms with van der Waals surface area (Å²) in [5.74, 6) is 0.0637. The third kappa shape index (κ3) is 6.22. The summed E-state index contributed by atoms with van der Waals surface area (Å²) in [4.78, 5) is 30.9. The van der Waals surface area contributed by atoms with Crippen LogP contribution < -0.4 is 10.0 Å². The molecule has 0 saturated carbocycles. The average Bonchev–Trinajstić information content (AvgIpc) is 3.03. The summed E-state index contributed by atoms with van der Waals surface area (Å²) >= 11 is 0. The second kappa shape index (κ2) is 10.8. The lowest BCUT2D eigenvalue weighted by atomic mass is 10.1. The van der Waals surface area contributed by atoms with Crippen LogP contribution in [0.1, 0.15) is 47.9 Å². The summed E-state index contributed by atoms with van der Waals surface area (Å²) in [6.45, 7) is 6.39. The number of nitrogens with one attached hydrogen (secondary N) is 2. The first kappa shape index (κ1) is 25.4. The molecule has 0 spiro atoms. The predicted molar refractivity (Wildman–Crippen MR) is 134 cm³/mol. The van der Waals surface area contributed by atoms with E-state index in [1.165, 1.54) is 4.90 Å². The number of fused-ring (bicyclic) bond motifs is 1. The van der Waals surface area contributed by atoms with Gasteiger partial charge in [-0.05, 0) is 56.9 Å². The molecule has 0 fully saturated rings. The van der Waals surface area contributed by atoms with E-state index in [-0.39, 0.29) is 23.3 Å². The zero-order chi connectivity index (χ0) is 24.9. The number of aliphatic imine (C=N–C) groups is 1. The number of rotatable bonds is 9. The molecule has 1 aliphatic rings. The van der Waals surface area contributed by atoms with Crippen LogP contribution >= 0.6 is 0 Å². The second-order valence-corrected chi connectivity index (χ2v) is 10.4. The maximum atomic E-state index is 12.4. The number of anilines is 1. The number of benzene rings is 2. The molecule has 0 unspecified atom stereocenters. The number of hydrogen-bond donors (Lipinski definition) is 2. The van der Waals surface area contributed by atoms with E-state index in [1.54, 1.807) is 31.3 Å². The largest absolute Gasteiger partial charge is 0.336 e. The van der Waals surface area contributed by atoms with Crippen molar-refractivity contribution in [1.82, 2.24) is 9.62 Å². The lowest BCUT2D eigenvalue weighted by Gasteiger charge is -2.18. The zero-order valence-corrected chi connectivity index (χ0v) is 21.0. The van der Waals surface area contributed by atoms with Crippen LogP contribution in [0, 0.1) is 20.8 Å². The van der Waals surface area contributed by atoms with Gasteiger partial charge < -0.3 is 10.2 Å². The number of carbonyl (C=O) groups excluding carboxylic acids is 2. The Kier molecular flexibility index (Phi) is 8.09. The molecule has 2 aromatic carbocycles. The van der Waals surface area contributed by atoms with Crippen molar-refractivity contribution in [3.63, 3.8) is 0 Å². The number of likely N-dealkylation sites (N-methyl/N-ethyl adjacent to an activating group) is 1. The Hall–Kier alpha value is -3.20. The summed E-state index contributed by atoms with van der Waals surface area (Å²) < 4.78 is 26.7. The van der Waals surface area contributed by atoms with Crippen molar-refractivity contribution in [2.45, 2.75) is 51.3 Å². The summed E-state index contributed by atoms with van der Waals surface area (Å²) in [6, 6.07) is 10.8. The zero-order valence-electron chi connectivity index (χ0n) is 20.1. The van der Waals surface area contributed by atoms with Gasteiger partial charge in [-0.25, -0.2) is 8.42 Å². The van der Waals surface area contributed by atoms with Crippen molar-refractivity contribution in [3.05, 3.63) is 58.7 Å². The minimum absolute atomic E-state index is 0.00120. The molecular formula is C25H32N4O4S. The smallest absolute Gasteiger partial charge is 0.263 e. The van der Waals surface area contributed by atoms with Gasteiger partial charge in [-0.2, -0.15) is 0 Å². The van der Waals surface area contributed by atoms with Crippen LogP contribution in [-0.4, -0.2) is 51.1 Å². The molecule has 8 nitrogen and oxygen atoms in total. The molecule has 2 N–H and O–H groups in total. The maximum Gasteiger partial charge on any atom is 0.263 e. The van der Waals surface area contributed by atoms with Crippen molar-refractivity contribution in [2.24, 2.45) is 4.99 Å². The van der Waals surface area contributed by atoms with Gasteiger partial charge in [0.05, 0.1) is 11.4 Å². The number of unbranched alkanes of at least 4 members (excludes halogenated alkanes) is 2. The van der Waals surface area contributed by atoms with E-state index in [0.717, 1.165) is 35.2 Å². The predicted octanol–water partition coefficient (Wildman–Crippen LogP) is 3.31. The Morgan fingerprint density at radius 3 is 2.41 bits per heavy atom. The Morgan fingerprint density at radius 1 is 1.03 bits per heavy atom. The van der Waals surface area contributed by atoms with Crippen molar-refractivity contribution >= 4 is 33.4 Å². The number of aryl methyl sites for hydroxylation is 3. The van der Waals surface area contributed by atoms with Gasteiger partial charge in [-0.3, -0.25) is 19.3 Å². The fourth-order valence-electron chi connectivity index (χ4n) is 4.06. The van der Waals surface area contributed by atoms with Gasteiger partial charge in [0.25, 0.3) is 10.0 Å². The van der Waals surface area contributed by atoms with Gasteiger partial charge in [-0.1, -0.05) is 36.2 Å². The van der Waals surface area contributed by atoms with Crippen molar-refractivity contribution < 1.29 is 18.0 Å². The van der Waals surface area contributed by atoms with E-state index in [0.29, 0.717) is 30.8 Å². The molecule has 9 heteroatoms. The van der Waals surface area contributed by atoms with E-state index in [9.17, 15) is 18.0 Å². The quantitative estimate of drug-likeness (QED) is 0.532. The second-order valence-electron chi connectivity index (χ2n) is 8.71. The number of nitrogens with zero attached hydrogens (tertiary/aromatic N) is 2. The monoisotopic (exact) mass is 484 g/mol. The fourth-order valence-corrected chi connectivity index (χ4v) is 5.31. The average molecular weight is 485 g/mol. The van der Waals surface area contributed by atoms with Crippen molar-refractivity contribution in [2.75, 3.05) is 25.5 Å². The Labute approximate surface area is 201 Å². The molecule has 3 rings (SSSR count). The van der Waals surface area contributed by atoms with E-state index in [4.69, 9.17) is 0 Å². The SMILES string of the molecule is Cc1cc(C)c(NC(=O)CN(C)C(=O)CCCCCN=C2NS(=O)(=O)c3ccccc32)c(C)c1. The van der Waals surface area contributed by atoms with Crippen LogP contribution in [0.2, 0.25) is 0 Å². The van der Waals surface area contributed by atoms with Crippen LogP contribution in [0.25, 0.3) is 0 Å². The molecule has 1 aliphatic heterocycles. The normalized spacial score (nSPS) is 15.0. The van der Waals surface area contributed by atoms with E-state index >= 15 is 0 Å². The topological polar surface area (TPSA) is 108 Å². The first-order valence-corrected chi connectivity index (χ1v) is 12.8. The molecule has 0 atom stereocenters. The first-order chi connectivity index (χ1) is 16.1. The van der Waals surface area contributed by atoms with Gasteiger partial charge >= 0.3 is 0 Å². The lowest BCUT2D eigenvalue weighted by Crippen LogP contribution is -2.35. The van der Waals surface area contributed by atoms with Gasteiger partial charge in [0.2, 0.25) is 11.8 Å². The van der Waals surface area contributed by atoms with E-state index in [2.05, 4.69) is 15.0 Å². The van der Waals surface area contributed by atoms with E-state index < -0.39 is 10.0 Å². The van der Waals surface area contributed by atoms with Crippen LogP contribution in [0.3, 0.4) is 0 Å². The molecule has 0 saturated heterocycles. The number of sulfonamides is 1. The minimum Gasteiger partial charge on any atom is -0.336 e. The molecule has 0 aromatic heterocycles. The fraction of sp³-hybridized carbons (Fsp3) is 0.400. The molecule has 1 heterocycles. The van der Waals surface area contributed by atoms with E-state index in [1.807, 2.05) is 32.9 Å². The minimum atomic E-state index is -3.52. The first-order valence-electron chi connectivity index (χ1n) is 11.4. The maximum absolute atomic E-state index is 12.4. The summed E-state index contributed by atoms with van der Waals surface area (Å²) in [7, 11) is -1.89. The Bertz CT molecular complexity index is 1200. The number of amidine groups is 1. The molecule has 0 radical (unpaired) electrons. The van der Waals surface area contributed by atoms with Gasteiger partial charge in [0, 0.05) is 31.3 Å². The standard InChI is InChI=1S/C25H32N4O4S/c1-17-14-18(2)24(19(3)15-17)27-22(30)16-29(4)23(31)12-6-5-9-13-26-25-20-10-7-8-11-21(20)34(32,33)28-25/h7-8,10-11,14-15H,5-6,9,12-13,16H2,1-4H3,(H,26,28)(H,27,30). The van der Waals surface area contributed by atoms with Gasteiger partial charge in [-0.15, -0.1) is 0 Å². The summed E-state index contributed by atoms with van der Waals surface area (Å²) in [6.07, 6.45) is 2.53. The molecule has 2 amide bonds. The van der Waals surface area contributed by atoms with Crippen molar-refractivity contribution in [3.8, 4) is 0 Å². The Morgan fingerprint density at radius 2 is 1.71 bits per heavy atom. The van der Waals surface area contributed by atoms with Crippen LogP contribution in [0.5, 0.6) is 0 Å². The number of amides is 2. The lowest BCUT2D eigenvalue weighted by molar-refractivity contribution is -0.133. The molecule has 182 valence electrons. The molecule has 34 heavy (non-hydrogen) atoms. The number of carbonyl (C=O) groups is 2. The van der Waals surface area contributed by atoms with Crippen LogP contribution in [-0.2, 0) is 19.6 Å². The highest BCUT2D eigenvalue weighted by molar-refractivity contribution is 7.90. The molecule has 0 aliphatic carbocycles. The van der Waals surface area contributed by atoms with Crippen molar-refractivity contribution in [1.29, 1.82) is 0 Å². The highest BCUT2D eigenvalue weighted by Crippen LogP contribution is 2.23. The van der Waals surface area contributed by atoms with Gasteiger partial charge in [0.15, 0.2) is 0 Å². The summed E-state index contributed by atoms with van der Waals surface area (Å²) in [5.41, 5.74) is 4.52. The summed E-state index contributed by atoms with van der Waals surface area (Å²) in [5, 5.41) is 2.92. The third-order valence-corrected chi connectivity index (χ3v) is 7.13. The molecular weight excluding hydrogens is 452 g/mol. The van der Waals surface area contributed by atoms with Gasteiger partial charge in [0.1, 0.15) is 5.84 Å². The molecule has 2 aromatic rings. The third-order valence-electron chi connectivity index (χ3n) is 5.73. The van der Waals surface area contributed by atoms with Crippen LogP contribution in [0.4, 0.5) is 5.69 Å². The highest BCUT2D eigenvalue weighted by atomic mass is 32.2.